The summed E-state index contributed by atoms with van der Waals surface area (Å²) in [5.41, 5.74) is 1.17. The van der Waals surface area contributed by atoms with Crippen LogP contribution in [0.15, 0.2) is 24.3 Å². The van der Waals surface area contributed by atoms with E-state index in [2.05, 4.69) is 15.2 Å². The van der Waals surface area contributed by atoms with E-state index in [1.54, 1.807) is 18.2 Å². The minimum atomic E-state index is -2.55. The van der Waals surface area contributed by atoms with Crippen molar-refractivity contribution in [1.29, 1.82) is 0 Å². The first-order valence-corrected chi connectivity index (χ1v) is 8.92. The summed E-state index contributed by atoms with van der Waals surface area (Å²) < 4.78 is 28.1. The molecule has 0 bridgehead atoms. The zero-order valence-electron chi connectivity index (χ0n) is 13.8. The molecule has 1 atom stereocenters. The molecule has 2 aromatic rings. The Bertz CT molecular complexity index is 685. The number of benzene rings is 1. The lowest BCUT2D eigenvalue weighted by molar-refractivity contribution is 0.0662. The quantitative estimate of drug-likeness (QED) is 0.930. The van der Waals surface area contributed by atoms with E-state index in [1.807, 2.05) is 6.07 Å². The van der Waals surface area contributed by atoms with Crippen LogP contribution in [0.5, 0.6) is 0 Å². The summed E-state index contributed by atoms with van der Waals surface area (Å²) >= 11 is 0. The van der Waals surface area contributed by atoms with Crippen LogP contribution in [0.3, 0.4) is 0 Å². The van der Waals surface area contributed by atoms with Gasteiger partial charge in [-0.05, 0) is 63.4 Å². The molecule has 0 spiro atoms. The number of aromatic nitrogens is 2. The molecular weight excluding hydrogens is 310 g/mol. The SMILES string of the molecule is FC(F)n1c(CN2CCC(C3CCCN3)CC2)nc2ccccc21. The Balaban J connectivity index is 1.46. The standard InChI is InChI=1S/C18H24F2N4/c19-18(20)24-16-6-2-1-4-15(16)22-17(24)12-23-10-7-13(8-11-23)14-5-3-9-21-14/h1-2,4,6,13-14,18,21H,3,5,7-12H2. The molecule has 1 unspecified atom stereocenters. The summed E-state index contributed by atoms with van der Waals surface area (Å²) in [7, 11) is 0. The maximum Gasteiger partial charge on any atom is 0.320 e. The van der Waals surface area contributed by atoms with Gasteiger partial charge in [0.1, 0.15) is 5.82 Å². The molecule has 0 amide bonds. The summed E-state index contributed by atoms with van der Waals surface area (Å²) in [6, 6.07) is 7.81. The second-order valence-electron chi connectivity index (χ2n) is 6.98. The topological polar surface area (TPSA) is 33.1 Å². The van der Waals surface area contributed by atoms with E-state index in [4.69, 9.17) is 0 Å². The van der Waals surface area contributed by atoms with Crippen LogP contribution in [-0.4, -0.2) is 40.1 Å². The summed E-state index contributed by atoms with van der Waals surface area (Å²) in [4.78, 5) is 6.72. The Morgan fingerprint density at radius 3 is 2.67 bits per heavy atom. The number of nitrogens with one attached hydrogen (secondary N) is 1. The molecule has 6 heteroatoms. The largest absolute Gasteiger partial charge is 0.320 e. The minimum absolute atomic E-state index is 0.476. The lowest BCUT2D eigenvalue weighted by Gasteiger charge is -2.34. The fourth-order valence-electron chi connectivity index (χ4n) is 4.25. The first-order chi connectivity index (χ1) is 11.7. The van der Waals surface area contributed by atoms with Crippen LogP contribution < -0.4 is 5.32 Å². The van der Waals surface area contributed by atoms with Crippen molar-refractivity contribution in [2.24, 2.45) is 5.92 Å². The molecule has 4 nitrogen and oxygen atoms in total. The highest BCUT2D eigenvalue weighted by molar-refractivity contribution is 5.75. The van der Waals surface area contributed by atoms with Crippen molar-refractivity contribution in [3.8, 4) is 0 Å². The van der Waals surface area contributed by atoms with E-state index in [9.17, 15) is 8.78 Å². The molecule has 2 saturated heterocycles. The van der Waals surface area contributed by atoms with Gasteiger partial charge in [-0.1, -0.05) is 12.1 Å². The Morgan fingerprint density at radius 1 is 1.17 bits per heavy atom. The lowest BCUT2D eigenvalue weighted by atomic mass is 9.88. The van der Waals surface area contributed by atoms with Crippen molar-refractivity contribution >= 4 is 11.0 Å². The third-order valence-corrected chi connectivity index (χ3v) is 5.53. The van der Waals surface area contributed by atoms with Crippen LogP contribution in [0.25, 0.3) is 11.0 Å². The number of piperidine rings is 1. The van der Waals surface area contributed by atoms with Crippen molar-refractivity contribution in [3.63, 3.8) is 0 Å². The number of fused-ring (bicyclic) bond motifs is 1. The van der Waals surface area contributed by atoms with Crippen molar-refractivity contribution in [2.75, 3.05) is 19.6 Å². The Hall–Kier alpha value is -1.53. The van der Waals surface area contributed by atoms with Crippen LogP contribution in [0, 0.1) is 5.92 Å². The van der Waals surface area contributed by atoms with Gasteiger partial charge >= 0.3 is 6.55 Å². The molecular formula is C18H24F2N4. The van der Waals surface area contributed by atoms with Gasteiger partial charge in [0.15, 0.2) is 0 Å². The van der Waals surface area contributed by atoms with Crippen molar-refractivity contribution in [1.82, 2.24) is 19.8 Å². The van der Waals surface area contributed by atoms with Gasteiger partial charge in [-0.15, -0.1) is 0 Å². The molecule has 1 N–H and O–H groups in total. The van der Waals surface area contributed by atoms with E-state index in [-0.39, 0.29) is 0 Å². The number of hydrogen-bond donors (Lipinski definition) is 1. The molecule has 4 rings (SSSR count). The number of para-hydroxylation sites is 2. The predicted octanol–water partition coefficient (Wildman–Crippen LogP) is 3.40. The van der Waals surface area contributed by atoms with Gasteiger partial charge in [0.25, 0.3) is 0 Å². The van der Waals surface area contributed by atoms with Gasteiger partial charge in [-0.25, -0.2) is 4.98 Å². The average Bonchev–Trinajstić information content (AvgIpc) is 3.22. The number of hydrogen-bond acceptors (Lipinski definition) is 3. The zero-order valence-corrected chi connectivity index (χ0v) is 13.8. The fraction of sp³-hybridized carbons (Fsp3) is 0.611. The summed E-state index contributed by atoms with van der Waals surface area (Å²) in [6.45, 7) is 1.03. The van der Waals surface area contributed by atoms with Crippen molar-refractivity contribution < 1.29 is 8.78 Å². The van der Waals surface area contributed by atoms with Crippen molar-refractivity contribution in [3.05, 3.63) is 30.1 Å². The number of nitrogens with zero attached hydrogens (tertiary/aromatic N) is 3. The molecule has 1 aromatic carbocycles. The number of alkyl halides is 2. The van der Waals surface area contributed by atoms with Crippen LogP contribution in [0.2, 0.25) is 0 Å². The van der Waals surface area contributed by atoms with Gasteiger partial charge in [0.05, 0.1) is 17.6 Å². The molecule has 1 aromatic heterocycles. The van der Waals surface area contributed by atoms with E-state index >= 15 is 0 Å². The second-order valence-corrected chi connectivity index (χ2v) is 6.98. The highest BCUT2D eigenvalue weighted by Crippen LogP contribution is 2.28. The third-order valence-electron chi connectivity index (χ3n) is 5.53. The van der Waals surface area contributed by atoms with E-state index in [0.29, 0.717) is 29.4 Å². The van der Waals surface area contributed by atoms with Gasteiger partial charge in [0, 0.05) is 6.04 Å². The molecule has 0 saturated carbocycles. The Kier molecular flexibility index (Phi) is 4.50. The minimum Gasteiger partial charge on any atom is -0.314 e. The molecule has 2 fully saturated rings. The maximum atomic E-state index is 13.5. The van der Waals surface area contributed by atoms with Crippen LogP contribution in [0.4, 0.5) is 8.78 Å². The second kappa shape index (κ2) is 6.76. The highest BCUT2D eigenvalue weighted by atomic mass is 19.3. The first-order valence-electron chi connectivity index (χ1n) is 8.92. The molecule has 0 aliphatic carbocycles. The zero-order chi connectivity index (χ0) is 16.5. The van der Waals surface area contributed by atoms with Gasteiger partial charge < -0.3 is 5.32 Å². The van der Waals surface area contributed by atoms with E-state index in [0.717, 1.165) is 43.0 Å². The number of likely N-dealkylation sites (tertiary alicyclic amines) is 1. The monoisotopic (exact) mass is 334 g/mol. The number of imidazole rings is 1. The van der Waals surface area contributed by atoms with E-state index < -0.39 is 6.55 Å². The predicted molar refractivity (Wildman–Crippen MR) is 90.0 cm³/mol. The van der Waals surface area contributed by atoms with Crippen molar-refractivity contribution in [2.45, 2.75) is 44.8 Å². The molecule has 2 aliphatic heterocycles. The van der Waals surface area contributed by atoms with Crippen LogP contribution >= 0.6 is 0 Å². The van der Waals surface area contributed by atoms with E-state index in [1.165, 1.54) is 12.8 Å². The highest BCUT2D eigenvalue weighted by Gasteiger charge is 2.29. The fourth-order valence-corrected chi connectivity index (χ4v) is 4.25. The Labute approximate surface area is 140 Å². The molecule has 0 radical (unpaired) electrons. The van der Waals surface area contributed by atoms with Gasteiger partial charge in [-0.3, -0.25) is 9.47 Å². The van der Waals surface area contributed by atoms with Crippen LogP contribution in [-0.2, 0) is 6.54 Å². The molecule has 24 heavy (non-hydrogen) atoms. The summed E-state index contributed by atoms with van der Waals surface area (Å²) in [6.07, 6.45) is 4.86. The summed E-state index contributed by atoms with van der Waals surface area (Å²) in [5, 5.41) is 3.60. The molecule has 3 heterocycles. The Morgan fingerprint density at radius 2 is 1.96 bits per heavy atom. The normalized spacial score (nSPS) is 23.5. The smallest absolute Gasteiger partial charge is 0.314 e. The number of rotatable bonds is 4. The molecule has 2 aliphatic rings. The first kappa shape index (κ1) is 16.0. The molecule has 130 valence electrons. The number of halogens is 2. The maximum absolute atomic E-state index is 13.5. The van der Waals surface area contributed by atoms with Crippen LogP contribution in [0.1, 0.15) is 38.1 Å². The third kappa shape index (κ3) is 3.05. The lowest BCUT2D eigenvalue weighted by Crippen LogP contribution is -2.40. The summed E-state index contributed by atoms with van der Waals surface area (Å²) in [5.74, 6) is 1.21. The van der Waals surface area contributed by atoms with Gasteiger partial charge in [0.2, 0.25) is 0 Å². The average molecular weight is 334 g/mol. The van der Waals surface area contributed by atoms with Gasteiger partial charge in [-0.2, -0.15) is 8.78 Å².